The van der Waals surface area contributed by atoms with E-state index in [1.54, 1.807) is 0 Å². The molecule has 5 aromatic carbocycles. The largest absolute Gasteiger partial charge is 0.301 e. The van der Waals surface area contributed by atoms with Crippen molar-refractivity contribution in [2.45, 2.75) is 31.7 Å². The molecule has 1 aromatic heterocycles. The average molecular weight is 587 g/mol. The summed E-state index contributed by atoms with van der Waals surface area (Å²) in [5, 5.41) is 14.8. The lowest BCUT2D eigenvalue weighted by Crippen LogP contribution is -2.48. The van der Waals surface area contributed by atoms with Gasteiger partial charge in [0.15, 0.2) is 0 Å². The van der Waals surface area contributed by atoms with Crippen LogP contribution in [0.2, 0.25) is 0 Å². The number of nitrogens with zero attached hydrogens (tertiary/aromatic N) is 1. The minimum atomic E-state index is -0.0719. The van der Waals surface area contributed by atoms with E-state index in [0.29, 0.717) is 0 Å². The van der Waals surface area contributed by atoms with Crippen LogP contribution in [0.1, 0.15) is 47.8 Å². The SMILES string of the molecule is C#Cc1ccccc1/C=C\CC(NC(C)c1ccc2ccccc2c1)NC(NC)c1ccc(-c2cccc3cccnc23)cc1. The zero-order valence-electron chi connectivity index (χ0n) is 25.7. The molecule has 0 radical (unpaired) electrons. The van der Waals surface area contributed by atoms with Crippen LogP contribution < -0.4 is 16.0 Å². The summed E-state index contributed by atoms with van der Waals surface area (Å²) in [7, 11) is 1.99. The van der Waals surface area contributed by atoms with Crippen LogP contribution in [0, 0.1) is 12.3 Å². The standard InChI is InChI=1S/C41H38N4/c1-4-30-12-5-6-13-31(30)16-10-20-39(44-29(2)36-26-21-32-14-7-8-15-37(32)28-36)45-41(42-3)35-24-22-33(23-25-35)38-19-9-17-34-18-11-27-43-40(34)38/h1,5-19,21-29,39,41-42,44-45H,20H2,2-3H3/b16-10-. The fourth-order valence-corrected chi connectivity index (χ4v) is 5.90. The number of para-hydroxylation sites is 1. The Bertz CT molecular complexity index is 1960. The summed E-state index contributed by atoms with van der Waals surface area (Å²) in [6.07, 6.45) is 12.6. The van der Waals surface area contributed by atoms with Crippen LogP contribution in [-0.2, 0) is 0 Å². The number of hydrogen-bond acceptors (Lipinski definition) is 4. The third kappa shape index (κ3) is 7.03. The Morgan fingerprint density at radius 2 is 1.49 bits per heavy atom. The molecule has 6 rings (SSSR count). The molecule has 1 heterocycles. The van der Waals surface area contributed by atoms with Crippen molar-refractivity contribution in [2.24, 2.45) is 0 Å². The van der Waals surface area contributed by atoms with E-state index in [9.17, 15) is 0 Å². The van der Waals surface area contributed by atoms with Crippen LogP contribution in [0.15, 0.2) is 134 Å². The minimum Gasteiger partial charge on any atom is -0.301 e. The lowest BCUT2D eigenvalue weighted by atomic mass is 10.00. The molecule has 3 unspecified atom stereocenters. The summed E-state index contributed by atoms with van der Waals surface area (Å²) in [6, 6.07) is 42.5. The predicted molar refractivity (Wildman–Crippen MR) is 189 cm³/mol. The number of benzene rings is 5. The molecule has 3 atom stereocenters. The molecule has 0 fully saturated rings. The van der Waals surface area contributed by atoms with E-state index in [2.05, 4.69) is 143 Å². The van der Waals surface area contributed by atoms with Crippen LogP contribution >= 0.6 is 0 Å². The molecular weight excluding hydrogens is 548 g/mol. The van der Waals surface area contributed by atoms with E-state index in [1.807, 2.05) is 37.5 Å². The smallest absolute Gasteiger partial charge is 0.0845 e. The Morgan fingerprint density at radius 1 is 0.756 bits per heavy atom. The Morgan fingerprint density at radius 3 is 2.31 bits per heavy atom. The molecule has 0 aliphatic carbocycles. The molecule has 4 nitrogen and oxygen atoms in total. The second-order valence-corrected chi connectivity index (χ2v) is 11.3. The number of fused-ring (bicyclic) bond motifs is 2. The maximum atomic E-state index is 5.75. The third-order valence-electron chi connectivity index (χ3n) is 8.35. The molecule has 0 saturated heterocycles. The van der Waals surface area contributed by atoms with Gasteiger partial charge in [0.25, 0.3) is 0 Å². The summed E-state index contributed by atoms with van der Waals surface area (Å²) in [5.41, 5.74) is 7.64. The first-order valence-electron chi connectivity index (χ1n) is 15.5. The van der Waals surface area contributed by atoms with E-state index in [4.69, 9.17) is 6.42 Å². The minimum absolute atomic E-state index is 0.0277. The molecule has 0 spiro atoms. The van der Waals surface area contributed by atoms with Gasteiger partial charge >= 0.3 is 0 Å². The second-order valence-electron chi connectivity index (χ2n) is 11.3. The second kappa shape index (κ2) is 14.2. The molecular formula is C41H38N4. The number of hydrogen-bond donors (Lipinski definition) is 3. The van der Waals surface area contributed by atoms with Gasteiger partial charge in [-0.1, -0.05) is 121 Å². The topological polar surface area (TPSA) is 49.0 Å². The summed E-state index contributed by atoms with van der Waals surface area (Å²) in [6.45, 7) is 2.22. The van der Waals surface area contributed by atoms with Gasteiger partial charge in [-0.25, -0.2) is 0 Å². The fourth-order valence-electron chi connectivity index (χ4n) is 5.90. The zero-order chi connectivity index (χ0) is 31.0. The molecule has 0 amide bonds. The highest BCUT2D eigenvalue weighted by atomic mass is 15.2. The van der Waals surface area contributed by atoms with Gasteiger partial charge in [0.2, 0.25) is 0 Å². The van der Waals surface area contributed by atoms with E-state index in [-0.39, 0.29) is 18.4 Å². The number of nitrogens with one attached hydrogen (secondary N) is 3. The molecule has 4 heteroatoms. The zero-order valence-corrected chi connectivity index (χ0v) is 25.7. The predicted octanol–water partition coefficient (Wildman–Crippen LogP) is 8.62. The van der Waals surface area contributed by atoms with E-state index in [0.717, 1.165) is 45.1 Å². The Kier molecular flexibility index (Phi) is 9.44. The molecule has 3 N–H and O–H groups in total. The van der Waals surface area contributed by atoms with Crippen molar-refractivity contribution in [2.75, 3.05) is 7.05 Å². The molecule has 222 valence electrons. The first kappa shape index (κ1) is 30.0. The van der Waals surface area contributed by atoms with Crippen molar-refractivity contribution in [3.8, 4) is 23.5 Å². The van der Waals surface area contributed by atoms with Gasteiger partial charge < -0.3 is 5.32 Å². The summed E-state index contributed by atoms with van der Waals surface area (Å²) in [5.74, 6) is 2.79. The maximum absolute atomic E-state index is 5.75. The van der Waals surface area contributed by atoms with Gasteiger partial charge in [-0.2, -0.15) is 0 Å². The van der Waals surface area contributed by atoms with E-state index >= 15 is 0 Å². The average Bonchev–Trinajstić information content (AvgIpc) is 3.10. The normalized spacial score (nSPS) is 13.5. The van der Waals surface area contributed by atoms with Crippen molar-refractivity contribution in [3.63, 3.8) is 0 Å². The highest BCUT2D eigenvalue weighted by Gasteiger charge is 2.18. The lowest BCUT2D eigenvalue weighted by Gasteiger charge is -2.29. The monoisotopic (exact) mass is 586 g/mol. The summed E-state index contributed by atoms with van der Waals surface area (Å²) >= 11 is 0. The maximum Gasteiger partial charge on any atom is 0.0845 e. The van der Waals surface area contributed by atoms with Gasteiger partial charge in [-0.15, -0.1) is 6.42 Å². The van der Waals surface area contributed by atoms with E-state index < -0.39 is 0 Å². The van der Waals surface area contributed by atoms with Gasteiger partial charge in [0, 0.05) is 28.8 Å². The number of aromatic nitrogens is 1. The molecule has 0 aliphatic heterocycles. The Labute approximate surface area is 266 Å². The van der Waals surface area contributed by atoms with Crippen molar-refractivity contribution in [1.29, 1.82) is 0 Å². The number of rotatable bonds is 11. The fraction of sp³-hybridized carbons (Fsp3) is 0.146. The van der Waals surface area contributed by atoms with Crippen LogP contribution in [-0.4, -0.2) is 18.2 Å². The number of pyridine rings is 1. The lowest BCUT2D eigenvalue weighted by molar-refractivity contribution is 0.327. The van der Waals surface area contributed by atoms with Gasteiger partial charge in [0.1, 0.15) is 0 Å². The van der Waals surface area contributed by atoms with Crippen molar-refractivity contribution >= 4 is 27.8 Å². The van der Waals surface area contributed by atoms with Crippen molar-refractivity contribution in [1.82, 2.24) is 20.9 Å². The van der Waals surface area contributed by atoms with Crippen molar-refractivity contribution in [3.05, 3.63) is 156 Å². The molecule has 6 aromatic rings. The summed E-state index contributed by atoms with van der Waals surface area (Å²) < 4.78 is 0. The van der Waals surface area contributed by atoms with Gasteiger partial charge in [0.05, 0.1) is 17.8 Å². The van der Waals surface area contributed by atoms with Crippen LogP contribution in [0.25, 0.3) is 38.9 Å². The van der Waals surface area contributed by atoms with Crippen LogP contribution in [0.4, 0.5) is 0 Å². The Hall–Kier alpha value is -5.05. The first-order valence-corrected chi connectivity index (χ1v) is 15.5. The molecule has 0 saturated carbocycles. The van der Waals surface area contributed by atoms with Crippen LogP contribution in [0.3, 0.4) is 0 Å². The molecule has 0 aliphatic rings. The van der Waals surface area contributed by atoms with Crippen molar-refractivity contribution < 1.29 is 0 Å². The van der Waals surface area contributed by atoms with Gasteiger partial charge in [-0.05, 0) is 71.6 Å². The third-order valence-corrected chi connectivity index (χ3v) is 8.35. The quantitative estimate of drug-likeness (QED) is 0.105. The first-order chi connectivity index (χ1) is 22.1. The van der Waals surface area contributed by atoms with E-state index in [1.165, 1.54) is 16.3 Å². The molecule has 45 heavy (non-hydrogen) atoms. The number of terminal acetylenes is 1. The highest BCUT2D eigenvalue weighted by Crippen LogP contribution is 2.28. The highest BCUT2D eigenvalue weighted by molar-refractivity contribution is 5.93. The molecule has 0 bridgehead atoms. The Balaban J connectivity index is 1.24. The van der Waals surface area contributed by atoms with Gasteiger partial charge in [-0.3, -0.25) is 15.6 Å². The van der Waals surface area contributed by atoms with Crippen LogP contribution in [0.5, 0.6) is 0 Å². The summed E-state index contributed by atoms with van der Waals surface area (Å²) in [4.78, 5) is 4.65.